The van der Waals surface area contributed by atoms with Crippen LogP contribution in [0.1, 0.15) is 17.5 Å². The average molecular weight is 315 g/mol. The highest BCUT2D eigenvalue weighted by Crippen LogP contribution is 2.19. The van der Waals surface area contributed by atoms with Gasteiger partial charge in [0.2, 0.25) is 5.91 Å². The maximum atomic E-state index is 12.5. The molecule has 2 rings (SSSR count). The van der Waals surface area contributed by atoms with Gasteiger partial charge in [0, 0.05) is 19.5 Å². The highest BCUT2D eigenvalue weighted by atomic mass is 32.1. The van der Waals surface area contributed by atoms with E-state index >= 15 is 0 Å². The topological polar surface area (TPSA) is 29.5 Å². The molecule has 1 aromatic heterocycles. The quantitative estimate of drug-likeness (QED) is 0.691. The summed E-state index contributed by atoms with van der Waals surface area (Å²) < 4.78 is 5.33. The molecule has 4 heteroatoms. The Morgan fingerprint density at radius 2 is 2.18 bits per heavy atom. The van der Waals surface area contributed by atoms with E-state index in [1.54, 1.807) is 24.5 Å². The number of rotatable bonds is 8. The van der Waals surface area contributed by atoms with Gasteiger partial charge in [-0.15, -0.1) is 6.58 Å². The number of carbonyl (C=O) groups excluding carboxylic acids is 1. The number of carbonyl (C=O) groups is 1. The van der Waals surface area contributed by atoms with Crippen molar-refractivity contribution in [1.82, 2.24) is 4.90 Å². The van der Waals surface area contributed by atoms with Gasteiger partial charge < -0.3 is 9.64 Å². The highest BCUT2D eigenvalue weighted by molar-refractivity contribution is 7.07. The fourth-order valence-corrected chi connectivity index (χ4v) is 2.98. The summed E-state index contributed by atoms with van der Waals surface area (Å²) >= 11 is 1.65. The Kier molecular flexibility index (Phi) is 6.22. The van der Waals surface area contributed by atoms with Crippen molar-refractivity contribution in [2.45, 2.75) is 19.4 Å². The van der Waals surface area contributed by atoms with Crippen LogP contribution in [0, 0.1) is 0 Å². The first-order valence-electron chi connectivity index (χ1n) is 7.26. The van der Waals surface area contributed by atoms with E-state index in [2.05, 4.69) is 12.0 Å². The van der Waals surface area contributed by atoms with E-state index in [1.165, 1.54) is 0 Å². The zero-order valence-electron chi connectivity index (χ0n) is 12.8. The zero-order valence-corrected chi connectivity index (χ0v) is 13.6. The molecule has 0 spiro atoms. The van der Waals surface area contributed by atoms with Crippen LogP contribution in [-0.4, -0.2) is 24.5 Å². The van der Waals surface area contributed by atoms with E-state index in [0.29, 0.717) is 25.9 Å². The molecular weight excluding hydrogens is 294 g/mol. The predicted molar refractivity (Wildman–Crippen MR) is 91.2 cm³/mol. The SMILES string of the molecule is C=CCN(Cc1ccsc1)C(=O)CCc1ccccc1OC. The second-order valence-corrected chi connectivity index (χ2v) is 5.79. The van der Waals surface area contributed by atoms with E-state index < -0.39 is 0 Å². The maximum Gasteiger partial charge on any atom is 0.223 e. The number of aryl methyl sites for hydroxylation is 1. The number of nitrogens with zero attached hydrogens (tertiary/aromatic N) is 1. The summed E-state index contributed by atoms with van der Waals surface area (Å²) in [6.45, 7) is 4.96. The molecule has 0 bridgehead atoms. The van der Waals surface area contributed by atoms with Gasteiger partial charge in [-0.2, -0.15) is 11.3 Å². The first-order chi connectivity index (χ1) is 10.7. The highest BCUT2D eigenvalue weighted by Gasteiger charge is 2.14. The summed E-state index contributed by atoms with van der Waals surface area (Å²) in [6.07, 6.45) is 2.92. The number of methoxy groups -OCH3 is 1. The Morgan fingerprint density at radius 3 is 2.86 bits per heavy atom. The Balaban J connectivity index is 1.97. The number of benzene rings is 1. The van der Waals surface area contributed by atoms with Crippen LogP contribution in [0.4, 0.5) is 0 Å². The van der Waals surface area contributed by atoms with Crippen LogP contribution in [0.2, 0.25) is 0 Å². The van der Waals surface area contributed by atoms with E-state index in [1.807, 2.05) is 40.6 Å². The molecule has 1 aromatic carbocycles. The maximum absolute atomic E-state index is 12.5. The molecule has 1 amide bonds. The third-order valence-electron chi connectivity index (χ3n) is 3.46. The van der Waals surface area contributed by atoms with Crippen LogP contribution in [0.15, 0.2) is 53.7 Å². The van der Waals surface area contributed by atoms with Gasteiger partial charge in [-0.1, -0.05) is 24.3 Å². The van der Waals surface area contributed by atoms with Crippen molar-refractivity contribution in [3.63, 3.8) is 0 Å². The Morgan fingerprint density at radius 1 is 1.36 bits per heavy atom. The largest absolute Gasteiger partial charge is 0.496 e. The molecule has 22 heavy (non-hydrogen) atoms. The van der Waals surface area contributed by atoms with Crippen molar-refractivity contribution in [3.8, 4) is 5.75 Å². The molecule has 0 N–H and O–H groups in total. The van der Waals surface area contributed by atoms with E-state index in [-0.39, 0.29) is 5.91 Å². The second-order valence-electron chi connectivity index (χ2n) is 5.01. The fourth-order valence-electron chi connectivity index (χ4n) is 2.32. The number of thiophene rings is 1. The van der Waals surface area contributed by atoms with Crippen molar-refractivity contribution in [2.75, 3.05) is 13.7 Å². The van der Waals surface area contributed by atoms with E-state index in [9.17, 15) is 4.79 Å². The van der Waals surface area contributed by atoms with Crippen LogP contribution >= 0.6 is 11.3 Å². The monoisotopic (exact) mass is 315 g/mol. The molecule has 0 aliphatic rings. The summed E-state index contributed by atoms with van der Waals surface area (Å²) in [6, 6.07) is 9.88. The predicted octanol–water partition coefficient (Wildman–Crippen LogP) is 3.90. The molecular formula is C18H21NO2S. The van der Waals surface area contributed by atoms with Gasteiger partial charge in [0.25, 0.3) is 0 Å². The minimum atomic E-state index is 0.136. The molecule has 0 aliphatic carbocycles. The molecule has 116 valence electrons. The molecule has 0 radical (unpaired) electrons. The first kappa shape index (κ1) is 16.3. The number of para-hydroxylation sites is 1. The lowest BCUT2D eigenvalue weighted by molar-refractivity contribution is -0.131. The van der Waals surface area contributed by atoms with Crippen molar-refractivity contribution in [3.05, 3.63) is 64.9 Å². The minimum absolute atomic E-state index is 0.136. The van der Waals surface area contributed by atoms with Gasteiger partial charge in [-0.25, -0.2) is 0 Å². The van der Waals surface area contributed by atoms with Crippen LogP contribution in [0.3, 0.4) is 0 Å². The molecule has 0 aliphatic heterocycles. The Labute approximate surface area is 135 Å². The first-order valence-corrected chi connectivity index (χ1v) is 8.20. The van der Waals surface area contributed by atoms with Crippen LogP contribution in [0.5, 0.6) is 5.75 Å². The van der Waals surface area contributed by atoms with Crippen molar-refractivity contribution < 1.29 is 9.53 Å². The van der Waals surface area contributed by atoms with Gasteiger partial charge >= 0.3 is 0 Å². The number of hydrogen-bond donors (Lipinski definition) is 0. The van der Waals surface area contributed by atoms with Crippen LogP contribution < -0.4 is 4.74 Å². The van der Waals surface area contributed by atoms with Crippen LogP contribution in [0.25, 0.3) is 0 Å². The lowest BCUT2D eigenvalue weighted by atomic mass is 10.1. The smallest absolute Gasteiger partial charge is 0.223 e. The van der Waals surface area contributed by atoms with E-state index in [4.69, 9.17) is 4.74 Å². The van der Waals surface area contributed by atoms with Gasteiger partial charge in [0.15, 0.2) is 0 Å². The molecule has 0 saturated heterocycles. The third kappa shape index (κ3) is 4.46. The Hall–Kier alpha value is -2.07. The van der Waals surface area contributed by atoms with Crippen molar-refractivity contribution in [2.24, 2.45) is 0 Å². The second kappa shape index (κ2) is 8.39. The summed E-state index contributed by atoms with van der Waals surface area (Å²) in [5.74, 6) is 0.973. The number of ether oxygens (including phenoxy) is 1. The molecule has 0 saturated carbocycles. The molecule has 1 heterocycles. The Bertz CT molecular complexity index is 607. The average Bonchev–Trinajstić information content (AvgIpc) is 3.05. The summed E-state index contributed by atoms with van der Waals surface area (Å²) in [5.41, 5.74) is 2.23. The van der Waals surface area contributed by atoms with Crippen molar-refractivity contribution >= 4 is 17.2 Å². The lowest BCUT2D eigenvalue weighted by Crippen LogP contribution is -2.30. The molecule has 0 fully saturated rings. The number of hydrogen-bond acceptors (Lipinski definition) is 3. The van der Waals surface area contributed by atoms with Gasteiger partial charge in [0.1, 0.15) is 5.75 Å². The molecule has 0 unspecified atom stereocenters. The third-order valence-corrected chi connectivity index (χ3v) is 4.19. The fraction of sp³-hybridized carbons (Fsp3) is 0.278. The molecule has 0 atom stereocenters. The minimum Gasteiger partial charge on any atom is -0.496 e. The standard InChI is InChI=1S/C18H21NO2S/c1-3-11-19(13-15-10-12-22-14-15)18(20)9-8-16-6-4-5-7-17(16)21-2/h3-7,10,12,14H,1,8-9,11,13H2,2H3. The summed E-state index contributed by atoms with van der Waals surface area (Å²) in [4.78, 5) is 14.3. The number of amides is 1. The molecule has 3 nitrogen and oxygen atoms in total. The van der Waals surface area contributed by atoms with E-state index in [0.717, 1.165) is 16.9 Å². The lowest BCUT2D eigenvalue weighted by Gasteiger charge is -2.21. The van der Waals surface area contributed by atoms with Crippen LogP contribution in [-0.2, 0) is 17.8 Å². The normalized spacial score (nSPS) is 10.2. The zero-order chi connectivity index (χ0) is 15.8. The van der Waals surface area contributed by atoms with Crippen molar-refractivity contribution in [1.29, 1.82) is 0 Å². The molecule has 2 aromatic rings. The van der Waals surface area contributed by atoms with Gasteiger partial charge in [0.05, 0.1) is 7.11 Å². The summed E-state index contributed by atoms with van der Waals surface area (Å²) in [7, 11) is 1.65. The summed E-state index contributed by atoms with van der Waals surface area (Å²) in [5, 5.41) is 4.10. The van der Waals surface area contributed by atoms with Gasteiger partial charge in [-0.3, -0.25) is 4.79 Å². The van der Waals surface area contributed by atoms with Gasteiger partial charge in [-0.05, 0) is 40.4 Å².